The van der Waals surface area contributed by atoms with Crippen molar-refractivity contribution in [3.05, 3.63) is 29.8 Å². The molecule has 2 N–H and O–H groups in total. The number of hydrogen-bond acceptors (Lipinski definition) is 3. The van der Waals surface area contributed by atoms with Crippen molar-refractivity contribution in [1.29, 1.82) is 0 Å². The maximum atomic E-state index is 12.5. The van der Waals surface area contributed by atoms with Crippen LogP contribution in [0.1, 0.15) is 43.7 Å². The Kier molecular flexibility index (Phi) is 4.49. The van der Waals surface area contributed by atoms with Crippen LogP contribution in [0.5, 0.6) is 0 Å². The topological polar surface area (TPSA) is 44.4 Å². The molecule has 4 rings (SSSR count). The lowest BCUT2D eigenvalue weighted by Gasteiger charge is -2.33. The summed E-state index contributed by atoms with van der Waals surface area (Å²) in [5.74, 6) is 1.07. The lowest BCUT2D eigenvalue weighted by Crippen LogP contribution is -2.50. The van der Waals surface area contributed by atoms with Crippen molar-refractivity contribution in [2.45, 2.75) is 55.1 Å². The predicted octanol–water partition coefficient (Wildman–Crippen LogP) is 3.15. The zero-order chi connectivity index (χ0) is 15.6. The smallest absolute Gasteiger partial charge is 0.315 e. The summed E-state index contributed by atoms with van der Waals surface area (Å²) in [5, 5.41) is 6.47. The van der Waals surface area contributed by atoms with Gasteiger partial charge >= 0.3 is 6.03 Å². The quantitative estimate of drug-likeness (QED) is 0.875. The van der Waals surface area contributed by atoms with Crippen LogP contribution in [0.25, 0.3) is 0 Å². The molecular formula is C18H25N3OS. The highest BCUT2D eigenvalue weighted by atomic mass is 32.2. The minimum Gasteiger partial charge on any atom is -0.334 e. The van der Waals surface area contributed by atoms with Crippen LogP contribution in [0.4, 0.5) is 4.79 Å². The van der Waals surface area contributed by atoms with Gasteiger partial charge in [0.15, 0.2) is 0 Å². The molecule has 3 heterocycles. The first kappa shape index (κ1) is 15.3. The molecule has 0 radical (unpaired) electrons. The van der Waals surface area contributed by atoms with Gasteiger partial charge in [-0.2, -0.15) is 0 Å². The Balaban J connectivity index is 1.37. The summed E-state index contributed by atoms with van der Waals surface area (Å²) in [5.41, 5.74) is 1.27. The van der Waals surface area contributed by atoms with Gasteiger partial charge in [-0.25, -0.2) is 4.79 Å². The third-order valence-electron chi connectivity index (χ3n) is 5.44. The average Bonchev–Trinajstić information content (AvgIpc) is 2.98. The van der Waals surface area contributed by atoms with Gasteiger partial charge in [0.05, 0.1) is 6.04 Å². The largest absolute Gasteiger partial charge is 0.334 e. The van der Waals surface area contributed by atoms with Crippen molar-refractivity contribution < 1.29 is 4.79 Å². The minimum absolute atomic E-state index is 0.00845. The number of benzene rings is 1. The molecule has 1 aromatic rings. The molecule has 0 unspecified atom stereocenters. The summed E-state index contributed by atoms with van der Waals surface area (Å²) in [4.78, 5) is 16.4. The molecule has 2 amide bonds. The molecule has 1 aromatic carbocycles. The van der Waals surface area contributed by atoms with E-state index in [2.05, 4.69) is 39.8 Å². The molecule has 2 saturated heterocycles. The number of urea groups is 1. The molecule has 5 heteroatoms. The Morgan fingerprint density at radius 3 is 2.96 bits per heavy atom. The number of nitrogens with one attached hydrogen (secondary N) is 2. The Bertz CT molecular complexity index is 579. The van der Waals surface area contributed by atoms with Crippen molar-refractivity contribution in [2.75, 3.05) is 18.8 Å². The monoisotopic (exact) mass is 331 g/mol. The van der Waals surface area contributed by atoms with Crippen LogP contribution in [0.2, 0.25) is 0 Å². The van der Waals surface area contributed by atoms with Gasteiger partial charge in [0.2, 0.25) is 0 Å². The van der Waals surface area contributed by atoms with Crippen molar-refractivity contribution in [2.24, 2.45) is 0 Å². The van der Waals surface area contributed by atoms with Crippen LogP contribution in [0.3, 0.4) is 0 Å². The highest BCUT2D eigenvalue weighted by Crippen LogP contribution is 2.35. The minimum atomic E-state index is 0.00845. The molecule has 3 aliphatic heterocycles. The molecule has 0 bridgehead atoms. The van der Waals surface area contributed by atoms with E-state index in [0.29, 0.717) is 12.1 Å². The fourth-order valence-electron chi connectivity index (χ4n) is 4.28. The van der Waals surface area contributed by atoms with Crippen LogP contribution in [0, 0.1) is 0 Å². The molecular weight excluding hydrogens is 306 g/mol. The normalized spacial score (nSPS) is 30.3. The molecule has 0 aliphatic carbocycles. The molecule has 0 saturated carbocycles. The fourth-order valence-corrected chi connectivity index (χ4v) is 5.40. The molecule has 3 aliphatic rings. The number of thioether (sulfide) groups is 1. The first-order valence-corrected chi connectivity index (χ1v) is 9.82. The second-order valence-corrected chi connectivity index (χ2v) is 7.98. The van der Waals surface area contributed by atoms with Crippen molar-refractivity contribution in [3.63, 3.8) is 0 Å². The molecule has 0 spiro atoms. The van der Waals surface area contributed by atoms with Crippen molar-refractivity contribution in [1.82, 2.24) is 15.5 Å². The van der Waals surface area contributed by atoms with Crippen molar-refractivity contribution in [3.8, 4) is 0 Å². The first-order chi connectivity index (χ1) is 11.3. The van der Waals surface area contributed by atoms with E-state index in [1.165, 1.54) is 36.3 Å². The maximum Gasteiger partial charge on any atom is 0.315 e. The third-order valence-corrected chi connectivity index (χ3v) is 6.56. The molecule has 0 aromatic heterocycles. The van der Waals surface area contributed by atoms with E-state index in [0.717, 1.165) is 25.1 Å². The first-order valence-electron chi connectivity index (χ1n) is 8.84. The zero-order valence-corrected chi connectivity index (χ0v) is 14.3. The highest BCUT2D eigenvalue weighted by Gasteiger charge is 2.36. The van der Waals surface area contributed by atoms with Gasteiger partial charge < -0.3 is 10.6 Å². The number of hydrogen-bond donors (Lipinski definition) is 2. The number of carbonyl (C=O) groups is 1. The second-order valence-electron chi connectivity index (χ2n) is 6.84. The lowest BCUT2D eigenvalue weighted by atomic mass is 9.99. The fraction of sp³-hybridized carbons (Fsp3) is 0.611. The molecule has 124 valence electrons. The van der Waals surface area contributed by atoms with Gasteiger partial charge in [0.25, 0.3) is 0 Å². The van der Waals surface area contributed by atoms with E-state index in [1.54, 1.807) is 0 Å². The Morgan fingerprint density at radius 1 is 1.09 bits per heavy atom. The zero-order valence-electron chi connectivity index (χ0n) is 13.5. The van der Waals surface area contributed by atoms with E-state index in [4.69, 9.17) is 0 Å². The highest BCUT2D eigenvalue weighted by molar-refractivity contribution is 7.99. The summed E-state index contributed by atoms with van der Waals surface area (Å²) in [7, 11) is 0. The van der Waals surface area contributed by atoms with Gasteiger partial charge in [-0.15, -0.1) is 11.8 Å². The van der Waals surface area contributed by atoms with E-state index < -0.39 is 0 Å². The van der Waals surface area contributed by atoms with Gasteiger partial charge in [0.1, 0.15) is 0 Å². The van der Waals surface area contributed by atoms with Crippen LogP contribution < -0.4 is 10.6 Å². The van der Waals surface area contributed by atoms with Crippen molar-refractivity contribution >= 4 is 17.8 Å². The van der Waals surface area contributed by atoms with Crippen LogP contribution in [0.15, 0.2) is 29.2 Å². The van der Waals surface area contributed by atoms with E-state index >= 15 is 0 Å². The van der Waals surface area contributed by atoms with Crippen LogP contribution >= 0.6 is 11.8 Å². The molecule has 3 atom stereocenters. The molecule has 2 fully saturated rings. The van der Waals surface area contributed by atoms with E-state index in [9.17, 15) is 4.79 Å². The Hall–Kier alpha value is -1.20. The van der Waals surface area contributed by atoms with Gasteiger partial charge in [-0.3, -0.25) is 4.90 Å². The number of rotatable bonds is 2. The molecule has 23 heavy (non-hydrogen) atoms. The summed E-state index contributed by atoms with van der Waals surface area (Å²) >= 11 is 1.89. The van der Waals surface area contributed by atoms with Crippen LogP contribution in [-0.2, 0) is 0 Å². The average molecular weight is 331 g/mol. The van der Waals surface area contributed by atoms with Gasteiger partial charge in [0, 0.05) is 29.3 Å². The summed E-state index contributed by atoms with van der Waals surface area (Å²) in [6, 6.07) is 9.48. The van der Waals surface area contributed by atoms with Crippen LogP contribution in [-0.4, -0.2) is 41.9 Å². The second kappa shape index (κ2) is 6.73. The molecule has 4 nitrogen and oxygen atoms in total. The van der Waals surface area contributed by atoms with E-state index in [1.807, 2.05) is 11.8 Å². The number of piperidine rings is 1. The Labute approximate surface area is 142 Å². The van der Waals surface area contributed by atoms with Gasteiger partial charge in [-0.05, 0) is 43.9 Å². The van der Waals surface area contributed by atoms with Gasteiger partial charge in [-0.1, -0.05) is 24.6 Å². The van der Waals surface area contributed by atoms with E-state index in [-0.39, 0.29) is 12.1 Å². The summed E-state index contributed by atoms with van der Waals surface area (Å²) < 4.78 is 0. The summed E-state index contributed by atoms with van der Waals surface area (Å²) in [6.07, 6.45) is 5.94. The maximum absolute atomic E-state index is 12.5. The number of carbonyl (C=O) groups excluding carboxylic acids is 1. The summed E-state index contributed by atoms with van der Waals surface area (Å²) in [6.45, 7) is 2.34. The number of amides is 2. The standard InChI is InChI=1S/C18H25N3OS/c22-18(20-15-8-11-21-10-4-3-6-16(15)21)19-14-9-12-23-17-7-2-1-5-13(14)17/h1-2,5,7,14-16H,3-4,6,8-12H2,(H2,19,20,22)/t14-,15+,16-/m1/s1. The number of nitrogens with zero attached hydrogens (tertiary/aromatic N) is 1. The third kappa shape index (κ3) is 3.22. The lowest BCUT2D eigenvalue weighted by molar-refractivity contribution is 0.178. The Morgan fingerprint density at radius 2 is 2.00 bits per heavy atom. The SMILES string of the molecule is O=C(N[C@H]1CCN2CCCC[C@H]12)N[C@@H]1CCSc2ccccc21. The predicted molar refractivity (Wildman–Crippen MR) is 93.8 cm³/mol. The number of fused-ring (bicyclic) bond motifs is 2.